The van der Waals surface area contributed by atoms with Gasteiger partial charge >= 0.3 is 0 Å². The van der Waals surface area contributed by atoms with Crippen molar-refractivity contribution in [2.75, 3.05) is 37.7 Å². The summed E-state index contributed by atoms with van der Waals surface area (Å²) in [6.07, 6.45) is 1.28. The molecule has 1 saturated heterocycles. The first kappa shape index (κ1) is 21.0. The maximum Gasteiger partial charge on any atom is 0.225 e. The Bertz CT molecular complexity index is 777. The summed E-state index contributed by atoms with van der Waals surface area (Å²) in [5, 5.41) is 4.21. The first-order valence-corrected chi connectivity index (χ1v) is 12.0. The number of hydrogen-bond donors (Lipinski definition) is 1. The Kier molecular flexibility index (Phi) is 7.87. The molecule has 1 aliphatic heterocycles. The first-order chi connectivity index (χ1) is 13.0. The monoisotopic (exact) mass is 444 g/mol. The van der Waals surface area contributed by atoms with E-state index in [0.29, 0.717) is 23.0 Å². The zero-order valence-electron chi connectivity index (χ0n) is 14.9. The molecular weight excluding hydrogens is 423 g/mol. The predicted molar refractivity (Wildman–Crippen MR) is 115 cm³/mol. The van der Waals surface area contributed by atoms with Crippen LogP contribution in [0.4, 0.5) is 0 Å². The highest BCUT2D eigenvalue weighted by Gasteiger charge is 2.18. The topological polar surface area (TPSA) is 55.4 Å². The number of nitrogens with one attached hydrogen (secondary N) is 1. The van der Waals surface area contributed by atoms with Gasteiger partial charge in [0.25, 0.3) is 0 Å². The molecule has 0 bridgehead atoms. The smallest absolute Gasteiger partial charge is 0.225 e. The molecule has 0 atom stereocenters. The van der Waals surface area contributed by atoms with E-state index >= 15 is 0 Å². The first-order valence-electron chi connectivity index (χ1n) is 8.89. The molecule has 2 aromatic rings. The number of nitrogens with zero attached hydrogens (tertiary/aromatic N) is 1. The third kappa shape index (κ3) is 6.38. The van der Waals surface area contributed by atoms with E-state index in [1.54, 1.807) is 17.4 Å². The lowest BCUT2D eigenvalue weighted by Crippen LogP contribution is -2.41. The van der Waals surface area contributed by atoms with Crippen LogP contribution in [-0.4, -0.2) is 53.0 Å². The van der Waals surface area contributed by atoms with Crippen LogP contribution in [0.2, 0.25) is 10.0 Å². The van der Waals surface area contributed by atoms with Gasteiger partial charge in [0.2, 0.25) is 5.91 Å². The van der Waals surface area contributed by atoms with E-state index in [9.17, 15) is 9.35 Å². The highest BCUT2D eigenvalue weighted by molar-refractivity contribution is 7.91. The lowest BCUT2D eigenvalue weighted by Gasteiger charge is -2.27. The van der Waals surface area contributed by atoms with Crippen LogP contribution in [-0.2, 0) is 22.4 Å². The average molecular weight is 445 g/mol. The molecule has 1 aliphatic rings. The molecule has 1 amide bonds. The van der Waals surface area contributed by atoms with Crippen LogP contribution in [0.25, 0.3) is 10.4 Å². The third-order valence-electron chi connectivity index (χ3n) is 4.44. The molecule has 2 heterocycles. The fourth-order valence-electron chi connectivity index (χ4n) is 2.96. The summed E-state index contributed by atoms with van der Waals surface area (Å²) in [6, 6.07) is 9.40. The SMILES string of the molecule is O=C(Cc1ccc(-c2ccc(Cl)cc2Cl)s1)NCCCN1CC[S+]([O-])CC1. The number of hydrogen-bond acceptors (Lipinski definition) is 4. The number of rotatable bonds is 7. The van der Waals surface area contributed by atoms with E-state index in [4.69, 9.17) is 23.2 Å². The predicted octanol–water partition coefficient (Wildman–Crippen LogP) is 3.84. The number of carbonyl (C=O) groups excluding carboxylic acids is 1. The molecule has 0 saturated carbocycles. The number of carbonyl (C=O) groups is 1. The van der Waals surface area contributed by atoms with E-state index in [2.05, 4.69) is 10.2 Å². The van der Waals surface area contributed by atoms with Crippen LogP contribution in [0.5, 0.6) is 0 Å². The van der Waals surface area contributed by atoms with Crippen molar-refractivity contribution in [3.8, 4) is 10.4 Å². The standard InChI is InChI=1S/C19H22Cl2N2O2S2/c20-14-2-4-16(17(21)12-14)18-5-3-15(26-18)13-19(24)22-6-1-7-23-8-10-27(25)11-9-23/h2-5,12H,1,6-11,13H2,(H,22,24). The molecule has 27 heavy (non-hydrogen) atoms. The van der Waals surface area contributed by atoms with Gasteiger partial charge in [0.05, 0.1) is 11.4 Å². The lowest BCUT2D eigenvalue weighted by molar-refractivity contribution is -0.120. The van der Waals surface area contributed by atoms with Gasteiger partial charge in [-0.3, -0.25) is 9.69 Å². The minimum Gasteiger partial charge on any atom is -0.616 e. The average Bonchev–Trinajstić information content (AvgIpc) is 3.08. The number of benzene rings is 1. The van der Waals surface area contributed by atoms with Crippen LogP contribution < -0.4 is 5.32 Å². The fraction of sp³-hybridized carbons (Fsp3) is 0.421. The highest BCUT2D eigenvalue weighted by atomic mass is 35.5. The second-order valence-electron chi connectivity index (χ2n) is 6.46. The molecule has 0 unspecified atom stereocenters. The Balaban J connectivity index is 1.41. The third-order valence-corrected chi connectivity index (χ3v) is 7.38. The quantitative estimate of drug-likeness (QED) is 0.521. The van der Waals surface area contributed by atoms with Gasteiger partial charge in [-0.15, -0.1) is 11.3 Å². The second-order valence-corrected chi connectivity index (χ2v) is 10.2. The van der Waals surface area contributed by atoms with Crippen molar-refractivity contribution < 1.29 is 9.35 Å². The van der Waals surface area contributed by atoms with Gasteiger partial charge in [-0.05, 0) is 30.7 Å². The summed E-state index contributed by atoms with van der Waals surface area (Å²) in [7, 11) is 0. The molecule has 0 spiro atoms. The molecule has 0 aliphatic carbocycles. The number of halogens is 2. The Morgan fingerprint density at radius 2 is 2.00 bits per heavy atom. The lowest BCUT2D eigenvalue weighted by atomic mass is 10.2. The Hall–Kier alpha value is -0.760. The van der Waals surface area contributed by atoms with Crippen molar-refractivity contribution in [3.05, 3.63) is 45.3 Å². The molecule has 1 fully saturated rings. The van der Waals surface area contributed by atoms with Gasteiger partial charge in [0, 0.05) is 46.5 Å². The molecule has 8 heteroatoms. The summed E-state index contributed by atoms with van der Waals surface area (Å²) in [6.45, 7) is 3.40. The molecular formula is C19H22Cl2N2O2S2. The van der Waals surface area contributed by atoms with Crippen molar-refractivity contribution in [2.24, 2.45) is 0 Å². The van der Waals surface area contributed by atoms with Crippen molar-refractivity contribution in [2.45, 2.75) is 12.8 Å². The molecule has 1 N–H and O–H groups in total. The normalized spacial score (nSPS) is 15.8. The van der Waals surface area contributed by atoms with Gasteiger partial charge in [-0.2, -0.15) is 0 Å². The largest absolute Gasteiger partial charge is 0.616 e. The molecule has 146 valence electrons. The van der Waals surface area contributed by atoms with Gasteiger partial charge in [-0.1, -0.05) is 40.4 Å². The van der Waals surface area contributed by atoms with E-state index in [1.807, 2.05) is 24.3 Å². The zero-order chi connectivity index (χ0) is 19.2. The maximum absolute atomic E-state index is 12.2. The van der Waals surface area contributed by atoms with E-state index in [-0.39, 0.29) is 5.91 Å². The summed E-state index contributed by atoms with van der Waals surface area (Å²) in [5.41, 5.74) is 0.931. The molecule has 0 radical (unpaired) electrons. The number of amides is 1. The van der Waals surface area contributed by atoms with Crippen LogP contribution >= 0.6 is 34.5 Å². The fourth-order valence-corrected chi connectivity index (χ4v) is 5.70. The van der Waals surface area contributed by atoms with E-state index < -0.39 is 11.2 Å². The van der Waals surface area contributed by atoms with Crippen LogP contribution in [0.3, 0.4) is 0 Å². The Morgan fingerprint density at radius 3 is 2.74 bits per heavy atom. The summed E-state index contributed by atoms with van der Waals surface area (Å²) < 4.78 is 11.3. The number of thiophene rings is 1. The Labute approximate surface area is 177 Å². The summed E-state index contributed by atoms with van der Waals surface area (Å²) in [5.74, 6) is 1.57. The van der Waals surface area contributed by atoms with Crippen LogP contribution in [0.15, 0.2) is 30.3 Å². The van der Waals surface area contributed by atoms with Gasteiger partial charge in [0.15, 0.2) is 0 Å². The van der Waals surface area contributed by atoms with Crippen molar-refractivity contribution in [1.29, 1.82) is 0 Å². The molecule has 1 aromatic carbocycles. The van der Waals surface area contributed by atoms with Gasteiger partial charge in [-0.25, -0.2) is 0 Å². The maximum atomic E-state index is 12.2. The summed E-state index contributed by atoms with van der Waals surface area (Å²) in [4.78, 5) is 16.5. The molecule has 4 nitrogen and oxygen atoms in total. The van der Waals surface area contributed by atoms with Crippen molar-refractivity contribution in [3.63, 3.8) is 0 Å². The van der Waals surface area contributed by atoms with Gasteiger partial charge < -0.3 is 9.87 Å². The van der Waals surface area contributed by atoms with E-state index in [0.717, 1.165) is 52.9 Å². The van der Waals surface area contributed by atoms with E-state index in [1.165, 1.54) is 0 Å². The highest BCUT2D eigenvalue weighted by Crippen LogP contribution is 2.35. The van der Waals surface area contributed by atoms with Crippen molar-refractivity contribution in [1.82, 2.24) is 10.2 Å². The zero-order valence-corrected chi connectivity index (χ0v) is 18.0. The van der Waals surface area contributed by atoms with Gasteiger partial charge in [0.1, 0.15) is 11.5 Å². The van der Waals surface area contributed by atoms with Crippen molar-refractivity contribution >= 4 is 51.6 Å². The van der Waals surface area contributed by atoms with Crippen LogP contribution in [0, 0.1) is 0 Å². The molecule has 3 rings (SSSR count). The summed E-state index contributed by atoms with van der Waals surface area (Å²) >= 11 is 13.1. The van der Waals surface area contributed by atoms with Crippen LogP contribution in [0.1, 0.15) is 11.3 Å². The Morgan fingerprint density at radius 1 is 1.22 bits per heavy atom. The second kappa shape index (κ2) is 10.1. The minimum absolute atomic E-state index is 0.0327. The molecule has 1 aromatic heterocycles. The minimum atomic E-state index is -0.638.